The number of amides is 1. The minimum atomic E-state index is -0.215. The number of hydrogen-bond donors (Lipinski definition) is 1. The fourth-order valence-electron chi connectivity index (χ4n) is 2.81. The van der Waals surface area contributed by atoms with Gasteiger partial charge in [0, 0.05) is 21.2 Å². The van der Waals surface area contributed by atoms with E-state index < -0.39 is 0 Å². The van der Waals surface area contributed by atoms with Gasteiger partial charge in [-0.3, -0.25) is 9.36 Å². The van der Waals surface area contributed by atoms with Crippen LogP contribution >= 0.6 is 34.7 Å². The van der Waals surface area contributed by atoms with Crippen molar-refractivity contribution in [3.8, 4) is 17.1 Å². The van der Waals surface area contributed by atoms with Crippen LogP contribution in [0.1, 0.15) is 11.8 Å². The molecule has 31 heavy (non-hydrogen) atoms. The summed E-state index contributed by atoms with van der Waals surface area (Å²) >= 11 is 8.93. The van der Waals surface area contributed by atoms with E-state index in [0.717, 1.165) is 21.8 Å². The number of halogens is 1. The molecule has 9 heteroatoms. The molecule has 0 saturated carbocycles. The van der Waals surface area contributed by atoms with E-state index in [1.807, 2.05) is 83.6 Å². The van der Waals surface area contributed by atoms with E-state index in [1.54, 1.807) is 11.3 Å². The van der Waals surface area contributed by atoms with Gasteiger partial charge in [0.15, 0.2) is 11.0 Å². The van der Waals surface area contributed by atoms with E-state index in [2.05, 4.69) is 20.7 Å². The largest absolute Gasteiger partial charge is 0.272 e. The third-order valence-corrected chi connectivity index (χ3v) is 6.47. The highest BCUT2D eigenvalue weighted by molar-refractivity contribution is 7.99. The average Bonchev–Trinajstić information content (AvgIpc) is 3.48. The molecule has 0 fully saturated rings. The summed E-state index contributed by atoms with van der Waals surface area (Å²) in [5.41, 5.74) is 5.17. The van der Waals surface area contributed by atoms with Crippen molar-refractivity contribution in [1.82, 2.24) is 20.2 Å². The van der Waals surface area contributed by atoms with Crippen molar-refractivity contribution in [3.05, 3.63) is 82.0 Å². The van der Waals surface area contributed by atoms with Gasteiger partial charge in [0.1, 0.15) is 0 Å². The van der Waals surface area contributed by atoms with Crippen molar-refractivity contribution < 1.29 is 4.79 Å². The molecule has 0 aliphatic carbocycles. The van der Waals surface area contributed by atoms with Crippen LogP contribution in [0, 0.1) is 0 Å². The molecule has 4 aromatic rings. The van der Waals surface area contributed by atoms with Crippen molar-refractivity contribution in [2.75, 3.05) is 5.75 Å². The van der Waals surface area contributed by atoms with Gasteiger partial charge in [-0.1, -0.05) is 59.8 Å². The molecule has 0 radical (unpaired) electrons. The minimum Gasteiger partial charge on any atom is -0.272 e. The Hall–Kier alpha value is -2.94. The first-order valence-corrected chi connectivity index (χ1v) is 11.6. The van der Waals surface area contributed by atoms with Gasteiger partial charge in [0.2, 0.25) is 0 Å². The molecule has 4 rings (SSSR count). The Bertz CT molecular complexity index is 1190. The maximum atomic E-state index is 12.3. The topological polar surface area (TPSA) is 72.2 Å². The van der Waals surface area contributed by atoms with E-state index in [1.165, 1.54) is 11.8 Å². The van der Waals surface area contributed by atoms with Crippen molar-refractivity contribution in [3.63, 3.8) is 0 Å². The van der Waals surface area contributed by atoms with Crippen molar-refractivity contribution in [2.45, 2.75) is 12.1 Å². The van der Waals surface area contributed by atoms with Crippen LogP contribution in [-0.2, 0) is 4.79 Å². The van der Waals surface area contributed by atoms with Crippen molar-refractivity contribution in [1.29, 1.82) is 0 Å². The Morgan fingerprint density at radius 3 is 2.58 bits per heavy atom. The predicted molar refractivity (Wildman–Crippen MR) is 127 cm³/mol. The summed E-state index contributed by atoms with van der Waals surface area (Å²) < 4.78 is 1.92. The number of carbonyl (C=O) groups is 1. The molecule has 0 aliphatic rings. The van der Waals surface area contributed by atoms with Crippen LogP contribution in [-0.4, -0.2) is 32.1 Å². The number of hydrogen-bond acceptors (Lipinski definition) is 6. The molecule has 0 bridgehead atoms. The van der Waals surface area contributed by atoms with Gasteiger partial charge >= 0.3 is 0 Å². The number of nitrogens with zero attached hydrogens (tertiary/aromatic N) is 4. The summed E-state index contributed by atoms with van der Waals surface area (Å²) in [5.74, 6) is 0.632. The Morgan fingerprint density at radius 2 is 1.87 bits per heavy atom. The van der Waals surface area contributed by atoms with Crippen LogP contribution in [0.3, 0.4) is 0 Å². The van der Waals surface area contributed by atoms with Gasteiger partial charge < -0.3 is 0 Å². The maximum absolute atomic E-state index is 12.3. The molecule has 0 spiro atoms. The molecule has 6 nitrogen and oxygen atoms in total. The third kappa shape index (κ3) is 5.22. The molecular formula is C22H18ClN5OS2. The Labute approximate surface area is 193 Å². The van der Waals surface area contributed by atoms with E-state index in [-0.39, 0.29) is 11.7 Å². The number of carbonyl (C=O) groups excluding carboxylic acids is 1. The fourth-order valence-corrected chi connectivity index (χ4v) is 4.36. The molecule has 1 N–H and O–H groups in total. The lowest BCUT2D eigenvalue weighted by Gasteiger charge is -2.10. The van der Waals surface area contributed by atoms with E-state index in [0.29, 0.717) is 16.0 Å². The summed E-state index contributed by atoms with van der Waals surface area (Å²) in [7, 11) is 0. The number of benzene rings is 2. The van der Waals surface area contributed by atoms with Gasteiger partial charge in [-0.15, -0.1) is 21.5 Å². The lowest BCUT2D eigenvalue weighted by Crippen LogP contribution is -2.21. The second kappa shape index (κ2) is 9.91. The van der Waals surface area contributed by atoms with E-state index >= 15 is 0 Å². The molecule has 2 aromatic heterocycles. The van der Waals surface area contributed by atoms with Crippen LogP contribution in [0.4, 0.5) is 0 Å². The first-order chi connectivity index (χ1) is 15.1. The normalized spacial score (nSPS) is 11.5. The first-order valence-electron chi connectivity index (χ1n) is 9.38. The zero-order chi connectivity index (χ0) is 21.6. The summed E-state index contributed by atoms with van der Waals surface area (Å²) in [6, 6.07) is 21.1. The molecule has 156 valence electrons. The summed E-state index contributed by atoms with van der Waals surface area (Å²) in [6.45, 7) is 1.86. The quantitative estimate of drug-likeness (QED) is 0.228. The van der Waals surface area contributed by atoms with E-state index in [4.69, 9.17) is 11.6 Å². The Balaban J connectivity index is 1.54. The first kappa shape index (κ1) is 21.3. The summed E-state index contributed by atoms with van der Waals surface area (Å²) in [4.78, 5) is 13.4. The molecule has 0 atom stereocenters. The summed E-state index contributed by atoms with van der Waals surface area (Å²) in [6.07, 6.45) is 0. The standard InChI is InChI=1S/C22H18ClN5OS2/c1-15(19-8-5-13-30-19)24-25-20(29)14-31-22-27-26-21(16-6-3-2-4-7-16)28(22)18-11-9-17(23)10-12-18/h2-13H,14H2,1H3,(H,25,29). The monoisotopic (exact) mass is 467 g/mol. The maximum Gasteiger partial charge on any atom is 0.250 e. The number of thiophene rings is 1. The molecule has 1 amide bonds. The molecule has 2 aromatic carbocycles. The third-order valence-electron chi connectivity index (χ3n) is 4.31. The molecule has 0 aliphatic heterocycles. The van der Waals surface area contributed by atoms with Crippen LogP contribution < -0.4 is 5.43 Å². The highest BCUT2D eigenvalue weighted by atomic mass is 35.5. The highest BCUT2D eigenvalue weighted by Crippen LogP contribution is 2.28. The van der Waals surface area contributed by atoms with Gasteiger partial charge in [-0.2, -0.15) is 5.10 Å². The molecule has 0 unspecified atom stereocenters. The predicted octanol–water partition coefficient (Wildman–Crippen LogP) is 5.28. The zero-order valence-corrected chi connectivity index (χ0v) is 18.9. The molecule has 0 saturated heterocycles. The molecule has 2 heterocycles. The number of aromatic nitrogens is 3. The van der Waals surface area contributed by atoms with Crippen LogP contribution in [0.5, 0.6) is 0 Å². The van der Waals surface area contributed by atoms with Crippen molar-refractivity contribution >= 4 is 46.3 Å². The Kier molecular flexibility index (Phi) is 6.81. The molecular weight excluding hydrogens is 450 g/mol. The fraction of sp³-hybridized carbons (Fsp3) is 0.0909. The van der Waals surface area contributed by atoms with Gasteiger partial charge in [-0.05, 0) is 42.6 Å². The van der Waals surface area contributed by atoms with Crippen LogP contribution in [0.25, 0.3) is 17.1 Å². The SMILES string of the molecule is CC(=NNC(=O)CSc1nnc(-c2ccccc2)n1-c1ccc(Cl)cc1)c1cccs1. The van der Waals surface area contributed by atoms with Crippen LogP contribution in [0.2, 0.25) is 5.02 Å². The summed E-state index contributed by atoms with van der Waals surface area (Å²) in [5, 5.41) is 16.1. The zero-order valence-electron chi connectivity index (χ0n) is 16.5. The van der Waals surface area contributed by atoms with Crippen molar-refractivity contribution in [2.24, 2.45) is 5.10 Å². The lowest BCUT2D eigenvalue weighted by atomic mass is 10.2. The second-order valence-corrected chi connectivity index (χ2v) is 8.81. The van der Waals surface area contributed by atoms with E-state index in [9.17, 15) is 4.79 Å². The minimum absolute atomic E-state index is 0.154. The Morgan fingerprint density at radius 1 is 1.10 bits per heavy atom. The van der Waals surface area contributed by atoms with Crippen LogP contribution in [0.15, 0.2) is 82.4 Å². The van der Waals surface area contributed by atoms with Gasteiger partial charge in [-0.25, -0.2) is 5.43 Å². The smallest absolute Gasteiger partial charge is 0.250 e. The number of nitrogens with one attached hydrogen (secondary N) is 1. The van der Waals surface area contributed by atoms with Gasteiger partial charge in [0.25, 0.3) is 5.91 Å². The second-order valence-electron chi connectivity index (χ2n) is 6.48. The number of hydrazone groups is 1. The highest BCUT2D eigenvalue weighted by Gasteiger charge is 2.17. The lowest BCUT2D eigenvalue weighted by molar-refractivity contribution is -0.118. The average molecular weight is 468 g/mol. The van der Waals surface area contributed by atoms with Gasteiger partial charge in [0.05, 0.1) is 11.5 Å². The number of rotatable bonds is 7. The number of thioether (sulfide) groups is 1.